The number of hydrogen-bond acceptors (Lipinski definition) is 6. The fraction of sp³-hybridized carbons (Fsp3) is 0.286. The zero-order valence-corrected chi connectivity index (χ0v) is 22.6. The third-order valence-corrected chi connectivity index (χ3v) is 5.49. The standard InChI is InChI=1S/2C14H14O3.Ca/c2*1-8(2)7-11(15)12-13(16)9-5-3-4-6-10(9)14(12)17;/h2*3-6,8,16H,7H2,1-2H3;/q;;+2/p-2. The molecule has 2 aromatic carbocycles. The number of ketones is 4. The van der Waals surface area contributed by atoms with Gasteiger partial charge in [0.1, 0.15) is 0 Å². The second kappa shape index (κ2) is 11.9. The van der Waals surface area contributed by atoms with Crippen LogP contribution in [0.25, 0.3) is 11.5 Å². The van der Waals surface area contributed by atoms with E-state index in [1.165, 1.54) is 0 Å². The van der Waals surface area contributed by atoms with E-state index in [0.717, 1.165) is 0 Å². The van der Waals surface area contributed by atoms with Crippen molar-refractivity contribution >= 4 is 72.4 Å². The SMILES string of the molecule is CC(C)CC(=O)C1=C([O-])c2ccccc2C1=O.CC(C)CC(=O)C1=C([O-])c2ccccc2C1=O.[Ca+2]. The van der Waals surface area contributed by atoms with Gasteiger partial charge >= 0.3 is 37.7 Å². The topological polar surface area (TPSA) is 114 Å². The van der Waals surface area contributed by atoms with Gasteiger partial charge in [0.15, 0.2) is 23.1 Å². The van der Waals surface area contributed by atoms with Crippen LogP contribution in [0.2, 0.25) is 0 Å². The maximum Gasteiger partial charge on any atom is 2.00 e. The molecule has 0 atom stereocenters. The molecule has 0 heterocycles. The Labute approximate surface area is 234 Å². The zero-order chi connectivity index (χ0) is 25.2. The summed E-state index contributed by atoms with van der Waals surface area (Å²) in [7, 11) is 0. The molecule has 2 aliphatic rings. The minimum atomic E-state index is -0.420. The van der Waals surface area contributed by atoms with E-state index in [-0.39, 0.29) is 85.1 Å². The number of Topliss-reactive ketones (excluding diaryl/α,β-unsaturated/α-hetero) is 4. The van der Waals surface area contributed by atoms with Gasteiger partial charge in [0.2, 0.25) is 0 Å². The van der Waals surface area contributed by atoms with Gasteiger partial charge in [-0.15, -0.1) is 0 Å². The quantitative estimate of drug-likeness (QED) is 0.447. The molecule has 0 saturated carbocycles. The molecule has 0 bridgehead atoms. The van der Waals surface area contributed by atoms with E-state index in [9.17, 15) is 29.4 Å². The molecule has 176 valence electrons. The summed E-state index contributed by atoms with van der Waals surface area (Å²) in [6.07, 6.45) is 0.474. The van der Waals surface area contributed by atoms with Crippen molar-refractivity contribution < 1.29 is 29.4 Å². The van der Waals surface area contributed by atoms with Crippen molar-refractivity contribution in [3.63, 3.8) is 0 Å². The molecule has 4 rings (SSSR count). The Morgan fingerprint density at radius 2 is 0.914 bits per heavy atom. The van der Waals surface area contributed by atoms with Crippen LogP contribution in [0.1, 0.15) is 72.4 Å². The molecule has 7 heteroatoms. The monoisotopic (exact) mass is 498 g/mol. The van der Waals surface area contributed by atoms with E-state index in [2.05, 4.69) is 0 Å². The van der Waals surface area contributed by atoms with Crippen LogP contribution in [0.3, 0.4) is 0 Å². The Balaban J connectivity index is 0.000000240. The molecule has 0 aromatic heterocycles. The van der Waals surface area contributed by atoms with Crippen molar-refractivity contribution in [2.24, 2.45) is 11.8 Å². The largest absolute Gasteiger partial charge is 2.00 e. The second-order valence-electron chi connectivity index (χ2n) is 9.20. The summed E-state index contributed by atoms with van der Waals surface area (Å²) in [4.78, 5) is 47.6. The third-order valence-electron chi connectivity index (χ3n) is 5.49. The first kappa shape index (κ1) is 28.7. The summed E-state index contributed by atoms with van der Waals surface area (Å²) < 4.78 is 0. The van der Waals surface area contributed by atoms with Crippen molar-refractivity contribution in [2.75, 3.05) is 0 Å². The minimum Gasteiger partial charge on any atom is -0.871 e. The number of hydrogen-bond donors (Lipinski definition) is 0. The van der Waals surface area contributed by atoms with Crippen molar-refractivity contribution in [1.29, 1.82) is 0 Å². The average Bonchev–Trinajstić information content (AvgIpc) is 3.18. The number of carbonyl (C=O) groups is 4. The third kappa shape index (κ3) is 6.00. The molecular formula is C28H26CaO6. The predicted molar refractivity (Wildman–Crippen MR) is 130 cm³/mol. The zero-order valence-electron chi connectivity index (χ0n) is 20.3. The van der Waals surface area contributed by atoms with Gasteiger partial charge < -0.3 is 10.2 Å². The number of fused-ring (bicyclic) bond motifs is 2. The Morgan fingerprint density at radius 1 is 0.629 bits per heavy atom. The van der Waals surface area contributed by atoms with Crippen molar-refractivity contribution in [3.05, 3.63) is 81.9 Å². The molecule has 6 nitrogen and oxygen atoms in total. The number of allylic oxidation sites excluding steroid dienone is 2. The molecule has 2 aromatic rings. The molecule has 0 saturated heterocycles. The Hall–Kier alpha value is -2.54. The Kier molecular flexibility index (Phi) is 9.78. The van der Waals surface area contributed by atoms with Crippen LogP contribution in [0.15, 0.2) is 59.7 Å². The Morgan fingerprint density at radius 3 is 1.17 bits per heavy atom. The number of rotatable bonds is 6. The fourth-order valence-corrected chi connectivity index (χ4v) is 3.96. The van der Waals surface area contributed by atoms with Gasteiger partial charge in [-0.05, 0) is 23.0 Å². The average molecular weight is 499 g/mol. The molecule has 2 aliphatic carbocycles. The van der Waals surface area contributed by atoms with Crippen LogP contribution in [0.5, 0.6) is 0 Å². The first-order valence-corrected chi connectivity index (χ1v) is 11.2. The van der Waals surface area contributed by atoms with Crippen LogP contribution in [-0.2, 0) is 9.59 Å². The number of carbonyl (C=O) groups excluding carboxylic acids is 4. The second-order valence-corrected chi connectivity index (χ2v) is 9.20. The van der Waals surface area contributed by atoms with Crippen molar-refractivity contribution in [3.8, 4) is 0 Å². The van der Waals surface area contributed by atoms with Crippen LogP contribution in [0.4, 0.5) is 0 Å². The van der Waals surface area contributed by atoms with Gasteiger partial charge in [0, 0.05) is 24.0 Å². The van der Waals surface area contributed by atoms with Gasteiger partial charge in [-0.3, -0.25) is 19.2 Å². The van der Waals surface area contributed by atoms with Crippen molar-refractivity contribution in [2.45, 2.75) is 40.5 Å². The van der Waals surface area contributed by atoms with Gasteiger partial charge in [0.25, 0.3) is 0 Å². The minimum absolute atomic E-state index is 0. The summed E-state index contributed by atoms with van der Waals surface area (Å²) in [6, 6.07) is 13.1. The normalized spacial score (nSPS) is 14.0. The molecule has 0 radical (unpaired) electrons. The fourth-order valence-electron chi connectivity index (χ4n) is 3.96. The van der Waals surface area contributed by atoms with E-state index in [1.807, 2.05) is 27.7 Å². The maximum absolute atomic E-state index is 12.0. The van der Waals surface area contributed by atoms with Crippen molar-refractivity contribution in [1.82, 2.24) is 0 Å². The van der Waals surface area contributed by atoms with Crippen LogP contribution >= 0.6 is 0 Å². The van der Waals surface area contributed by atoms with E-state index in [0.29, 0.717) is 22.3 Å². The molecule has 0 spiro atoms. The summed E-state index contributed by atoms with van der Waals surface area (Å²) >= 11 is 0. The van der Waals surface area contributed by atoms with E-state index >= 15 is 0 Å². The van der Waals surface area contributed by atoms with E-state index < -0.39 is 23.1 Å². The molecule has 0 unspecified atom stereocenters. The summed E-state index contributed by atoms with van der Waals surface area (Å²) in [6.45, 7) is 7.54. The van der Waals surface area contributed by atoms with Gasteiger partial charge in [0.05, 0.1) is 11.1 Å². The van der Waals surface area contributed by atoms with E-state index in [4.69, 9.17) is 0 Å². The summed E-state index contributed by atoms with van der Waals surface area (Å²) in [5.41, 5.74) is 1.07. The molecular weight excluding hydrogens is 472 g/mol. The van der Waals surface area contributed by atoms with Crippen LogP contribution in [0, 0.1) is 11.8 Å². The maximum atomic E-state index is 12.0. The predicted octanol–water partition coefficient (Wildman–Crippen LogP) is 2.76. The van der Waals surface area contributed by atoms with E-state index in [1.54, 1.807) is 48.5 Å². The Bertz CT molecular complexity index is 1150. The van der Waals surface area contributed by atoms with Crippen LogP contribution in [-0.4, -0.2) is 60.9 Å². The van der Waals surface area contributed by atoms with Gasteiger partial charge in [-0.2, -0.15) is 0 Å². The van der Waals surface area contributed by atoms with Gasteiger partial charge in [-0.25, -0.2) is 0 Å². The summed E-state index contributed by atoms with van der Waals surface area (Å²) in [5.74, 6) is -2.09. The number of benzene rings is 2. The van der Waals surface area contributed by atoms with Crippen LogP contribution < -0.4 is 10.2 Å². The first-order valence-electron chi connectivity index (χ1n) is 11.2. The molecule has 0 amide bonds. The molecule has 0 N–H and O–H groups in total. The molecule has 0 fully saturated rings. The first-order chi connectivity index (χ1) is 16.0. The van der Waals surface area contributed by atoms with Gasteiger partial charge in [-0.1, -0.05) is 87.7 Å². The smallest absolute Gasteiger partial charge is 0.871 e. The molecule has 0 aliphatic heterocycles. The molecule has 35 heavy (non-hydrogen) atoms. The summed E-state index contributed by atoms with van der Waals surface area (Å²) in [5, 5.41) is 23.9.